The Hall–Kier alpha value is -8.65. The maximum absolute atomic E-state index is 10.4. The van der Waals surface area contributed by atoms with Gasteiger partial charge in [0.1, 0.15) is 0 Å². The molecule has 0 saturated carbocycles. The van der Waals surface area contributed by atoms with Gasteiger partial charge in [0.15, 0.2) is 5.82 Å². The van der Waals surface area contributed by atoms with Crippen LogP contribution in [-0.2, 0) is 5.41 Å². The van der Waals surface area contributed by atoms with Crippen molar-refractivity contribution in [3.05, 3.63) is 233 Å². The van der Waals surface area contributed by atoms with Crippen molar-refractivity contribution in [1.29, 1.82) is 10.5 Å². The standard InChI is InChI=1S/C54H33N7/c55-34-36-27-29-49-45(31-36)43-23-10-12-25-47(43)60(49)52-57-51(58-53(59-52)61-48-26-13-11-24-44(48)46-32-37(35-56)28-30-50(46)61)38-15-14-22-42(33-38)54(39-16-4-1-5-17-39,40-18-6-2-7-19-40)41-20-8-3-9-21-41/h1-33H/i14D,15D,22D,33D. The lowest BCUT2D eigenvalue weighted by Crippen LogP contribution is -2.31. The van der Waals surface area contributed by atoms with E-state index in [0.717, 1.165) is 49.3 Å². The quantitative estimate of drug-likeness (QED) is 0.150. The van der Waals surface area contributed by atoms with Crippen LogP contribution in [0.2, 0.25) is 0 Å². The van der Waals surface area contributed by atoms with Crippen molar-refractivity contribution >= 4 is 43.6 Å². The van der Waals surface area contributed by atoms with Gasteiger partial charge in [0.25, 0.3) is 0 Å². The van der Waals surface area contributed by atoms with Gasteiger partial charge in [-0.2, -0.15) is 25.5 Å². The average molecular weight is 784 g/mol. The highest BCUT2D eigenvalue weighted by Gasteiger charge is 2.38. The largest absolute Gasteiger partial charge is 0.278 e. The van der Waals surface area contributed by atoms with Gasteiger partial charge in [-0.05, 0) is 76.8 Å². The fourth-order valence-corrected chi connectivity index (χ4v) is 8.82. The van der Waals surface area contributed by atoms with E-state index < -0.39 is 5.41 Å². The number of nitrogens with zero attached hydrogens (tertiary/aromatic N) is 7. The van der Waals surface area contributed by atoms with E-state index in [1.54, 1.807) is 12.1 Å². The lowest BCUT2D eigenvalue weighted by Gasteiger charge is -2.37. The van der Waals surface area contributed by atoms with E-state index in [1.165, 1.54) is 0 Å². The van der Waals surface area contributed by atoms with Gasteiger partial charge in [0.2, 0.25) is 11.9 Å². The zero-order valence-corrected chi connectivity index (χ0v) is 32.4. The second-order valence-corrected chi connectivity index (χ2v) is 14.7. The molecule has 11 aromatic rings. The minimum atomic E-state index is -1.30. The Morgan fingerprint density at radius 3 is 1.33 bits per heavy atom. The summed E-state index contributed by atoms with van der Waals surface area (Å²) in [7, 11) is 0. The molecule has 11 rings (SSSR count). The molecule has 0 fully saturated rings. The van der Waals surface area contributed by atoms with Crippen molar-refractivity contribution in [2.24, 2.45) is 0 Å². The molecule has 0 bridgehead atoms. The summed E-state index contributed by atoms with van der Waals surface area (Å²) in [5.74, 6) is 0.294. The van der Waals surface area contributed by atoms with Gasteiger partial charge in [-0.15, -0.1) is 0 Å². The van der Waals surface area contributed by atoms with Gasteiger partial charge in [0, 0.05) is 27.1 Å². The minimum Gasteiger partial charge on any atom is -0.278 e. The number of rotatable bonds is 7. The monoisotopic (exact) mass is 783 g/mol. The molecule has 0 unspecified atom stereocenters. The van der Waals surface area contributed by atoms with Crippen molar-refractivity contribution < 1.29 is 5.48 Å². The molecule has 0 aliphatic rings. The predicted octanol–water partition coefficient (Wildman–Crippen LogP) is 11.9. The third kappa shape index (κ3) is 5.61. The van der Waals surface area contributed by atoms with E-state index in [2.05, 4.69) is 12.1 Å². The first-order chi connectivity index (χ1) is 31.8. The maximum Gasteiger partial charge on any atom is 0.240 e. The van der Waals surface area contributed by atoms with Crippen LogP contribution in [0.4, 0.5) is 0 Å². The number of hydrogen-bond donors (Lipinski definition) is 0. The fraction of sp³-hybridized carbons (Fsp3) is 0.0185. The SMILES string of the molecule is [2H]c1c([2H])c(-c2nc(-n3c4ccccc4c4cc(C#N)ccc43)nc(-n3c4ccccc4c4cc(C#N)ccc43)n2)c([2H])c(C(c2ccccc2)(c2ccccc2)c2ccccc2)c1[2H]. The van der Waals surface area contributed by atoms with Gasteiger partial charge in [0.05, 0.1) is 56.2 Å². The molecule has 8 aromatic carbocycles. The molecule has 0 spiro atoms. The number of fused-ring (bicyclic) bond motifs is 6. The molecule has 3 heterocycles. The van der Waals surface area contributed by atoms with Gasteiger partial charge in [-0.1, -0.05) is 146 Å². The van der Waals surface area contributed by atoms with Crippen molar-refractivity contribution in [3.8, 4) is 35.4 Å². The normalized spacial score (nSPS) is 12.5. The highest BCUT2D eigenvalue weighted by Crippen LogP contribution is 2.46. The van der Waals surface area contributed by atoms with Gasteiger partial charge in [-0.25, -0.2) is 0 Å². The van der Waals surface area contributed by atoms with E-state index in [0.29, 0.717) is 22.2 Å². The number of hydrogen-bond acceptors (Lipinski definition) is 5. The van der Waals surface area contributed by atoms with Crippen LogP contribution in [0.5, 0.6) is 0 Å². The molecule has 7 nitrogen and oxygen atoms in total. The molecule has 3 aromatic heterocycles. The molecular weight excluding hydrogens is 747 g/mol. The molecule has 0 atom stereocenters. The topological polar surface area (TPSA) is 96.1 Å². The van der Waals surface area contributed by atoms with Gasteiger partial charge < -0.3 is 0 Å². The van der Waals surface area contributed by atoms with Crippen molar-refractivity contribution in [2.75, 3.05) is 0 Å². The summed E-state index contributed by atoms with van der Waals surface area (Å²) in [6.45, 7) is 0. The molecule has 0 radical (unpaired) electrons. The highest BCUT2D eigenvalue weighted by molar-refractivity contribution is 6.10. The Labute approximate surface area is 356 Å². The highest BCUT2D eigenvalue weighted by atomic mass is 15.3. The fourth-order valence-electron chi connectivity index (χ4n) is 8.82. The Kier molecular flexibility index (Phi) is 7.36. The summed E-state index contributed by atoms with van der Waals surface area (Å²) in [6, 6.07) is 58.8. The zero-order chi connectivity index (χ0) is 44.4. The zero-order valence-electron chi connectivity index (χ0n) is 36.4. The van der Waals surface area contributed by atoms with Crippen LogP contribution in [0.1, 0.15) is 38.9 Å². The molecule has 0 saturated heterocycles. The lowest BCUT2D eigenvalue weighted by atomic mass is 9.65. The number of nitriles is 2. The van der Waals surface area contributed by atoms with Crippen molar-refractivity contribution in [1.82, 2.24) is 24.1 Å². The van der Waals surface area contributed by atoms with Crippen LogP contribution in [0.25, 0.3) is 66.9 Å². The Bertz CT molecular complexity index is 3550. The van der Waals surface area contributed by atoms with Gasteiger partial charge in [-0.3, -0.25) is 9.13 Å². The molecule has 7 heteroatoms. The summed E-state index contributed by atoms with van der Waals surface area (Å²) in [5.41, 5.74) is 5.06. The third-order valence-electron chi connectivity index (χ3n) is 11.5. The number of benzene rings is 8. The second kappa shape index (κ2) is 14.3. The third-order valence-corrected chi connectivity index (χ3v) is 11.5. The van der Waals surface area contributed by atoms with Crippen molar-refractivity contribution in [2.45, 2.75) is 5.41 Å². The Balaban J connectivity index is 1.30. The van der Waals surface area contributed by atoms with Crippen LogP contribution in [0, 0.1) is 22.7 Å². The maximum atomic E-state index is 10.4. The summed E-state index contributed by atoms with van der Waals surface area (Å²) in [5, 5.41) is 23.2. The molecule has 284 valence electrons. The van der Waals surface area contributed by atoms with Crippen LogP contribution < -0.4 is 0 Å². The van der Waals surface area contributed by atoms with E-state index >= 15 is 0 Å². The molecule has 0 amide bonds. The lowest BCUT2D eigenvalue weighted by molar-refractivity contribution is 0.745. The molecular formula is C54H33N7. The van der Waals surface area contributed by atoms with E-state index in [4.69, 9.17) is 15.0 Å². The average Bonchev–Trinajstić information content (AvgIpc) is 3.87. The minimum absolute atomic E-state index is 0.0434. The number of para-hydroxylation sites is 2. The van der Waals surface area contributed by atoms with E-state index in [-0.39, 0.29) is 53.0 Å². The molecule has 0 aliphatic carbocycles. The summed E-state index contributed by atoms with van der Waals surface area (Å²) in [4.78, 5) is 15.5. The Morgan fingerprint density at radius 1 is 0.443 bits per heavy atom. The van der Waals surface area contributed by atoms with Crippen LogP contribution in [0.3, 0.4) is 0 Å². The van der Waals surface area contributed by atoms with Crippen LogP contribution in [-0.4, -0.2) is 24.1 Å². The van der Waals surface area contributed by atoms with Crippen LogP contribution >= 0.6 is 0 Å². The number of aromatic nitrogens is 5. The van der Waals surface area contributed by atoms with Gasteiger partial charge >= 0.3 is 0 Å². The van der Waals surface area contributed by atoms with E-state index in [1.807, 2.05) is 173 Å². The first-order valence-corrected chi connectivity index (χ1v) is 19.7. The van der Waals surface area contributed by atoms with Crippen LogP contribution in [0.15, 0.2) is 200 Å². The molecule has 0 N–H and O–H groups in total. The summed E-state index contributed by atoms with van der Waals surface area (Å²) >= 11 is 0. The molecule has 61 heavy (non-hydrogen) atoms. The smallest absolute Gasteiger partial charge is 0.240 e. The first kappa shape index (κ1) is 31.4. The van der Waals surface area contributed by atoms with Crippen molar-refractivity contribution in [3.63, 3.8) is 0 Å². The Morgan fingerprint density at radius 2 is 0.869 bits per heavy atom. The first-order valence-electron chi connectivity index (χ1n) is 21.7. The second-order valence-electron chi connectivity index (χ2n) is 14.7. The predicted molar refractivity (Wildman–Crippen MR) is 242 cm³/mol. The molecule has 0 aliphatic heterocycles. The summed E-state index contributed by atoms with van der Waals surface area (Å²) < 4.78 is 43.1. The van der Waals surface area contributed by atoms with E-state index in [9.17, 15) is 16.0 Å². The summed E-state index contributed by atoms with van der Waals surface area (Å²) in [6.07, 6.45) is 0.